The molecule has 0 aliphatic heterocycles. The molecule has 3 nitrogen and oxygen atoms in total. The second-order valence-corrected chi connectivity index (χ2v) is 2.27. The van der Waals surface area contributed by atoms with Gasteiger partial charge >= 0.3 is 0 Å². The summed E-state index contributed by atoms with van der Waals surface area (Å²) in [5.41, 5.74) is 0. The topological polar surface area (TPSA) is 43.4 Å². The van der Waals surface area contributed by atoms with Crippen LogP contribution in [0.4, 0.5) is 0 Å². The summed E-state index contributed by atoms with van der Waals surface area (Å²) in [7, 11) is 0. The van der Waals surface area contributed by atoms with E-state index in [1.807, 2.05) is 0 Å². The van der Waals surface area contributed by atoms with E-state index in [4.69, 9.17) is 4.74 Å². The molecule has 1 fully saturated rings. The van der Waals surface area contributed by atoms with E-state index in [1.165, 1.54) is 0 Å². The van der Waals surface area contributed by atoms with E-state index in [-0.39, 0.29) is 11.6 Å². The minimum Gasteiger partial charge on any atom is -0.363 e. The van der Waals surface area contributed by atoms with Gasteiger partial charge < -0.3 is 4.74 Å². The maximum atomic E-state index is 10.8. The molecule has 1 rings (SSSR count). The van der Waals surface area contributed by atoms with Crippen molar-refractivity contribution in [3.05, 3.63) is 0 Å². The zero-order valence-corrected chi connectivity index (χ0v) is 5.92. The molecule has 56 valence electrons. The molecule has 1 aliphatic rings. The molecule has 0 N–H and O–H groups in total. The Bertz CT molecular complexity index is 146. The van der Waals surface area contributed by atoms with Crippen LogP contribution >= 0.6 is 0 Å². The minimum absolute atomic E-state index is 0.0631. The number of hydrogen-bond donors (Lipinski definition) is 0. The van der Waals surface area contributed by atoms with Crippen molar-refractivity contribution < 1.29 is 14.3 Å². The summed E-state index contributed by atoms with van der Waals surface area (Å²) in [4.78, 5) is 21.7. The number of ketones is 2. The maximum absolute atomic E-state index is 10.8. The first-order chi connectivity index (χ1) is 4.75. The van der Waals surface area contributed by atoms with Crippen molar-refractivity contribution >= 4 is 11.6 Å². The number of hydrogen-bond acceptors (Lipinski definition) is 3. The highest BCUT2D eigenvalue weighted by molar-refractivity contribution is 6.11. The molecule has 0 bridgehead atoms. The van der Waals surface area contributed by atoms with Crippen LogP contribution in [0.2, 0.25) is 0 Å². The smallest absolute Gasteiger partial charge is 0.174 e. The number of carbonyl (C=O) groups excluding carboxylic acids is 2. The summed E-state index contributed by atoms with van der Waals surface area (Å²) in [6, 6.07) is 0. The highest BCUT2D eigenvalue weighted by atomic mass is 16.5. The molecule has 0 spiro atoms. The second-order valence-electron chi connectivity index (χ2n) is 2.27. The molecular formula is C7H10O3. The van der Waals surface area contributed by atoms with E-state index >= 15 is 0 Å². The van der Waals surface area contributed by atoms with Crippen LogP contribution in [0, 0.1) is 0 Å². The van der Waals surface area contributed by atoms with Gasteiger partial charge in [0, 0.05) is 19.4 Å². The Labute approximate surface area is 59.4 Å². The lowest BCUT2D eigenvalue weighted by atomic mass is 10.3. The second kappa shape index (κ2) is 2.92. The van der Waals surface area contributed by atoms with Crippen molar-refractivity contribution in [2.45, 2.75) is 25.9 Å². The zero-order chi connectivity index (χ0) is 7.56. The van der Waals surface area contributed by atoms with Gasteiger partial charge in [-0.25, -0.2) is 0 Å². The van der Waals surface area contributed by atoms with Crippen LogP contribution in [0.5, 0.6) is 0 Å². The van der Waals surface area contributed by atoms with Crippen LogP contribution in [0.1, 0.15) is 19.8 Å². The third-order valence-corrected chi connectivity index (χ3v) is 1.54. The van der Waals surface area contributed by atoms with Crippen LogP contribution in [-0.2, 0) is 14.3 Å². The maximum Gasteiger partial charge on any atom is 0.174 e. The quantitative estimate of drug-likeness (QED) is 0.521. The first-order valence-electron chi connectivity index (χ1n) is 3.42. The third kappa shape index (κ3) is 1.24. The highest BCUT2D eigenvalue weighted by Gasteiger charge is 2.32. The largest absolute Gasteiger partial charge is 0.363 e. The number of Topliss-reactive ketones (excluding diaryl/α,β-unsaturated/α-hetero) is 2. The molecule has 0 aromatic heterocycles. The van der Waals surface area contributed by atoms with E-state index in [9.17, 15) is 9.59 Å². The van der Waals surface area contributed by atoms with Gasteiger partial charge in [-0.1, -0.05) is 0 Å². The predicted octanol–water partition coefficient (Wildman–Crippen LogP) is 0.323. The van der Waals surface area contributed by atoms with Crippen molar-refractivity contribution in [2.24, 2.45) is 0 Å². The first-order valence-corrected chi connectivity index (χ1v) is 3.42. The lowest BCUT2D eigenvalue weighted by Crippen LogP contribution is -2.24. The molecule has 10 heavy (non-hydrogen) atoms. The van der Waals surface area contributed by atoms with Crippen LogP contribution in [0.25, 0.3) is 0 Å². The van der Waals surface area contributed by atoms with Gasteiger partial charge in [-0.05, 0) is 6.92 Å². The molecule has 0 atom stereocenters. The number of rotatable bonds is 2. The Morgan fingerprint density at radius 1 is 1.40 bits per heavy atom. The van der Waals surface area contributed by atoms with Gasteiger partial charge in [-0.3, -0.25) is 9.59 Å². The summed E-state index contributed by atoms with van der Waals surface area (Å²) in [5, 5.41) is 0. The zero-order valence-electron chi connectivity index (χ0n) is 5.92. The molecule has 0 aromatic carbocycles. The van der Waals surface area contributed by atoms with Gasteiger partial charge in [-0.15, -0.1) is 0 Å². The van der Waals surface area contributed by atoms with E-state index in [0.29, 0.717) is 19.4 Å². The van der Waals surface area contributed by atoms with E-state index in [0.717, 1.165) is 0 Å². The lowest BCUT2D eigenvalue weighted by molar-refractivity contribution is -0.136. The average molecular weight is 142 g/mol. The Morgan fingerprint density at radius 2 is 1.90 bits per heavy atom. The SMILES string of the molecule is CCOC1C(=O)CCC1=O. The Balaban J connectivity index is 2.54. The summed E-state index contributed by atoms with van der Waals surface area (Å²) in [6.07, 6.45) is -0.00231. The Hall–Kier alpha value is -0.700. The molecule has 3 heteroatoms. The summed E-state index contributed by atoms with van der Waals surface area (Å²) < 4.78 is 4.93. The first kappa shape index (κ1) is 7.41. The highest BCUT2D eigenvalue weighted by Crippen LogP contribution is 2.13. The van der Waals surface area contributed by atoms with Crippen LogP contribution in [-0.4, -0.2) is 24.3 Å². The molecule has 0 amide bonds. The minimum atomic E-state index is -0.731. The van der Waals surface area contributed by atoms with Crippen molar-refractivity contribution in [3.63, 3.8) is 0 Å². The fraction of sp³-hybridized carbons (Fsp3) is 0.714. The average Bonchev–Trinajstić information content (AvgIpc) is 2.20. The third-order valence-electron chi connectivity index (χ3n) is 1.54. The van der Waals surface area contributed by atoms with Gasteiger partial charge in [0.25, 0.3) is 0 Å². The molecule has 0 aromatic rings. The van der Waals surface area contributed by atoms with Gasteiger partial charge in [0.2, 0.25) is 0 Å². The summed E-state index contributed by atoms with van der Waals surface area (Å²) in [6.45, 7) is 2.21. The van der Waals surface area contributed by atoms with Crippen molar-refractivity contribution in [2.75, 3.05) is 6.61 Å². The number of ether oxygens (including phenoxy) is 1. The molecule has 1 saturated carbocycles. The van der Waals surface area contributed by atoms with E-state index in [1.54, 1.807) is 6.92 Å². The van der Waals surface area contributed by atoms with Crippen LogP contribution in [0.3, 0.4) is 0 Å². The number of carbonyl (C=O) groups is 2. The van der Waals surface area contributed by atoms with E-state index < -0.39 is 6.10 Å². The fourth-order valence-electron chi connectivity index (χ4n) is 1.04. The van der Waals surface area contributed by atoms with Gasteiger partial charge in [0.1, 0.15) is 0 Å². The van der Waals surface area contributed by atoms with Crippen molar-refractivity contribution in [1.29, 1.82) is 0 Å². The lowest BCUT2D eigenvalue weighted by Gasteiger charge is -2.04. The van der Waals surface area contributed by atoms with Gasteiger partial charge in [0.05, 0.1) is 0 Å². The molecule has 0 unspecified atom stereocenters. The van der Waals surface area contributed by atoms with Gasteiger partial charge in [0.15, 0.2) is 17.7 Å². The molecular weight excluding hydrogens is 132 g/mol. The van der Waals surface area contributed by atoms with Gasteiger partial charge in [-0.2, -0.15) is 0 Å². The molecule has 0 saturated heterocycles. The summed E-state index contributed by atoms with van der Waals surface area (Å²) >= 11 is 0. The van der Waals surface area contributed by atoms with Crippen LogP contribution in [0.15, 0.2) is 0 Å². The fourth-order valence-corrected chi connectivity index (χ4v) is 1.04. The monoisotopic (exact) mass is 142 g/mol. The van der Waals surface area contributed by atoms with Crippen molar-refractivity contribution in [1.82, 2.24) is 0 Å². The molecule has 0 heterocycles. The van der Waals surface area contributed by atoms with E-state index in [2.05, 4.69) is 0 Å². The predicted molar refractivity (Wildman–Crippen MR) is 34.7 cm³/mol. The van der Waals surface area contributed by atoms with Crippen LogP contribution < -0.4 is 0 Å². The Kier molecular flexibility index (Phi) is 2.17. The molecule has 0 radical (unpaired) electrons. The normalized spacial score (nSPS) is 20.5. The Morgan fingerprint density at radius 3 is 2.30 bits per heavy atom. The van der Waals surface area contributed by atoms with Crippen molar-refractivity contribution in [3.8, 4) is 0 Å². The standard InChI is InChI=1S/C7H10O3/c1-2-10-7-5(8)3-4-6(7)9/h7H,2-4H2,1H3. The molecule has 1 aliphatic carbocycles. The summed E-state index contributed by atoms with van der Waals surface area (Å²) in [5.74, 6) is -0.126.